The molecule has 0 aliphatic carbocycles. The van der Waals surface area contributed by atoms with Gasteiger partial charge in [0.15, 0.2) is 5.78 Å². The zero-order valence-electron chi connectivity index (χ0n) is 25.1. The van der Waals surface area contributed by atoms with Gasteiger partial charge in [0.1, 0.15) is 5.60 Å². The molecule has 3 amide bonds. The quantitative estimate of drug-likeness (QED) is 0.426. The number of ketones is 1. The summed E-state index contributed by atoms with van der Waals surface area (Å²) in [6.45, 7) is 11.6. The van der Waals surface area contributed by atoms with E-state index in [2.05, 4.69) is 12.1 Å². The lowest BCUT2D eigenvalue weighted by atomic mass is 9.81. The smallest absolute Gasteiger partial charge is 0.410 e. The van der Waals surface area contributed by atoms with Crippen molar-refractivity contribution in [3.63, 3.8) is 0 Å². The van der Waals surface area contributed by atoms with Crippen LogP contribution >= 0.6 is 0 Å². The second-order valence-corrected chi connectivity index (χ2v) is 12.5. The van der Waals surface area contributed by atoms with Crippen LogP contribution in [-0.2, 0) is 25.5 Å². The van der Waals surface area contributed by atoms with Crippen LogP contribution in [0.15, 0.2) is 24.3 Å². The van der Waals surface area contributed by atoms with Crippen LogP contribution in [0.5, 0.6) is 0 Å². The molecular weight excluding hydrogens is 506 g/mol. The first kappa shape index (κ1) is 31.6. The summed E-state index contributed by atoms with van der Waals surface area (Å²) in [5.74, 6) is -0.590. The molecule has 2 N–H and O–H groups in total. The monoisotopic (exact) mass is 555 g/mol. The molecule has 2 heterocycles. The van der Waals surface area contributed by atoms with Gasteiger partial charge >= 0.3 is 6.09 Å². The summed E-state index contributed by atoms with van der Waals surface area (Å²) in [6.07, 6.45) is 5.73. The van der Waals surface area contributed by atoms with Gasteiger partial charge in [-0.05, 0) is 82.3 Å². The van der Waals surface area contributed by atoms with Gasteiger partial charge in [-0.15, -0.1) is 0 Å². The Hall–Kier alpha value is -2.90. The van der Waals surface area contributed by atoms with Crippen molar-refractivity contribution in [1.82, 2.24) is 9.80 Å². The number of nitrogens with two attached hydrogens (primary N) is 1. The first-order chi connectivity index (χ1) is 18.9. The molecule has 2 aliphatic rings. The summed E-state index contributed by atoms with van der Waals surface area (Å²) in [7, 11) is 0. The van der Waals surface area contributed by atoms with Gasteiger partial charge in [0, 0.05) is 38.4 Å². The third kappa shape index (κ3) is 8.55. The average molecular weight is 556 g/mol. The normalized spacial score (nSPS) is 21.1. The first-order valence-electron chi connectivity index (χ1n) is 15.1. The van der Waals surface area contributed by atoms with Crippen LogP contribution in [0.2, 0.25) is 0 Å². The Morgan fingerprint density at radius 3 is 2.20 bits per heavy atom. The van der Waals surface area contributed by atoms with Gasteiger partial charge in [0.2, 0.25) is 11.8 Å². The minimum atomic E-state index is -0.657. The average Bonchev–Trinajstić information content (AvgIpc) is 2.91. The Bertz CT molecular complexity index is 1020. The second-order valence-electron chi connectivity index (χ2n) is 12.5. The molecule has 0 unspecified atom stereocenters. The molecule has 2 aliphatic heterocycles. The number of rotatable bonds is 10. The van der Waals surface area contributed by atoms with Crippen LogP contribution < -0.4 is 5.73 Å². The highest BCUT2D eigenvalue weighted by Gasteiger charge is 2.41. The zero-order valence-corrected chi connectivity index (χ0v) is 25.1. The van der Waals surface area contributed by atoms with Gasteiger partial charge in [0.05, 0.1) is 6.04 Å². The molecule has 2 saturated heterocycles. The maximum atomic E-state index is 13.6. The number of likely N-dealkylation sites (tertiary alicyclic amines) is 2. The minimum absolute atomic E-state index is 0.00178. The lowest BCUT2D eigenvalue weighted by Crippen LogP contribution is -2.54. The Kier molecular flexibility index (Phi) is 11.2. The van der Waals surface area contributed by atoms with Crippen molar-refractivity contribution in [3.8, 4) is 0 Å². The molecule has 8 heteroatoms. The van der Waals surface area contributed by atoms with Crippen molar-refractivity contribution in [1.29, 1.82) is 0 Å². The highest BCUT2D eigenvalue weighted by molar-refractivity contribution is 5.91. The van der Waals surface area contributed by atoms with E-state index >= 15 is 0 Å². The molecule has 1 aromatic carbocycles. The molecule has 0 radical (unpaired) electrons. The zero-order chi connectivity index (χ0) is 29.4. The van der Waals surface area contributed by atoms with E-state index < -0.39 is 29.6 Å². The van der Waals surface area contributed by atoms with E-state index in [0.717, 1.165) is 57.2 Å². The summed E-state index contributed by atoms with van der Waals surface area (Å²) in [5.41, 5.74) is 7.32. The van der Waals surface area contributed by atoms with Crippen molar-refractivity contribution in [2.24, 2.45) is 17.6 Å². The molecular formula is C32H49N3O5. The number of amides is 3. The van der Waals surface area contributed by atoms with E-state index in [1.165, 1.54) is 5.56 Å². The maximum absolute atomic E-state index is 13.6. The topological polar surface area (TPSA) is 110 Å². The van der Waals surface area contributed by atoms with Crippen LogP contribution in [0.3, 0.4) is 0 Å². The lowest BCUT2D eigenvalue weighted by molar-refractivity contribution is -0.132. The highest BCUT2D eigenvalue weighted by atomic mass is 16.6. The molecule has 2 fully saturated rings. The van der Waals surface area contributed by atoms with Gasteiger partial charge in [-0.25, -0.2) is 4.79 Å². The van der Waals surface area contributed by atoms with E-state index in [9.17, 15) is 19.2 Å². The minimum Gasteiger partial charge on any atom is -0.444 e. The Labute approximate surface area is 240 Å². The van der Waals surface area contributed by atoms with Crippen LogP contribution in [0.4, 0.5) is 4.79 Å². The molecule has 3 rings (SSSR count). The summed E-state index contributed by atoms with van der Waals surface area (Å²) < 4.78 is 5.61. The number of ether oxygens (including phenoxy) is 1. The lowest BCUT2D eigenvalue weighted by Gasteiger charge is -2.41. The van der Waals surface area contributed by atoms with E-state index in [4.69, 9.17) is 10.5 Å². The summed E-state index contributed by atoms with van der Waals surface area (Å²) in [5, 5.41) is 0. The van der Waals surface area contributed by atoms with Crippen LogP contribution in [0.1, 0.15) is 103 Å². The van der Waals surface area contributed by atoms with Gasteiger partial charge in [-0.2, -0.15) is 0 Å². The molecule has 222 valence electrons. The fraction of sp³-hybridized carbons (Fsp3) is 0.688. The third-order valence-corrected chi connectivity index (χ3v) is 8.33. The standard InChI is InChI=1S/C32H49N3O5/c1-6-9-28(37)34-18-15-25(16-19-34)24-13-11-22(12-14-24)20-26(30(33)38)21-27(36)29-23(7-2)10-8-17-35(29)31(39)40-32(3,4)5/h11-14,23,25-26,29H,6-10,15-21H2,1-5H3,(H2,33,38)/t23-,26-,29+/m1/s1. The fourth-order valence-electron chi connectivity index (χ4n) is 6.15. The number of hydrogen-bond donors (Lipinski definition) is 1. The fourth-order valence-corrected chi connectivity index (χ4v) is 6.15. The number of hydrogen-bond acceptors (Lipinski definition) is 5. The van der Waals surface area contributed by atoms with Gasteiger partial charge in [-0.3, -0.25) is 19.3 Å². The number of Topliss-reactive ketones (excluding diaryl/α,β-unsaturated/α-hetero) is 1. The van der Waals surface area contributed by atoms with E-state index in [1.54, 1.807) is 4.90 Å². The van der Waals surface area contributed by atoms with E-state index in [0.29, 0.717) is 25.3 Å². The van der Waals surface area contributed by atoms with Crippen molar-refractivity contribution < 1.29 is 23.9 Å². The van der Waals surface area contributed by atoms with Crippen molar-refractivity contribution in [2.75, 3.05) is 19.6 Å². The molecule has 0 spiro atoms. The molecule has 0 saturated carbocycles. The highest BCUT2D eigenvalue weighted by Crippen LogP contribution is 2.32. The first-order valence-corrected chi connectivity index (χ1v) is 15.1. The number of nitrogens with zero attached hydrogens (tertiary/aromatic N) is 2. The van der Waals surface area contributed by atoms with Gasteiger partial charge < -0.3 is 15.4 Å². The molecule has 0 aromatic heterocycles. The Balaban J connectivity index is 1.65. The van der Waals surface area contributed by atoms with Crippen molar-refractivity contribution >= 4 is 23.7 Å². The van der Waals surface area contributed by atoms with E-state index in [1.807, 2.05) is 51.7 Å². The van der Waals surface area contributed by atoms with E-state index in [-0.39, 0.29) is 24.0 Å². The van der Waals surface area contributed by atoms with Gasteiger partial charge in [0.25, 0.3) is 0 Å². The SMILES string of the molecule is CCCC(=O)N1CCC(c2ccc(C[C@H](CC(=O)[C@@H]3[C@H](CC)CCCN3C(=O)OC(C)(C)C)C(N)=O)cc2)CC1. The predicted molar refractivity (Wildman–Crippen MR) is 156 cm³/mol. The molecule has 3 atom stereocenters. The number of carbonyl (C=O) groups excluding carboxylic acids is 4. The van der Waals surface area contributed by atoms with Crippen LogP contribution in [0.25, 0.3) is 0 Å². The number of benzene rings is 1. The number of primary amides is 1. The van der Waals surface area contributed by atoms with Gasteiger partial charge in [-0.1, -0.05) is 44.5 Å². The van der Waals surface area contributed by atoms with Crippen molar-refractivity contribution in [3.05, 3.63) is 35.4 Å². The number of piperidine rings is 2. The predicted octanol–water partition coefficient (Wildman–Crippen LogP) is 5.22. The third-order valence-electron chi connectivity index (χ3n) is 8.33. The summed E-state index contributed by atoms with van der Waals surface area (Å²) in [4.78, 5) is 54.8. The summed E-state index contributed by atoms with van der Waals surface area (Å²) in [6, 6.07) is 7.64. The molecule has 8 nitrogen and oxygen atoms in total. The number of carbonyl (C=O) groups is 4. The summed E-state index contributed by atoms with van der Waals surface area (Å²) >= 11 is 0. The maximum Gasteiger partial charge on any atom is 0.410 e. The molecule has 1 aromatic rings. The second kappa shape index (κ2) is 14.1. The molecule has 0 bridgehead atoms. The Morgan fingerprint density at radius 1 is 1.00 bits per heavy atom. The van der Waals surface area contributed by atoms with Crippen LogP contribution in [0, 0.1) is 11.8 Å². The largest absolute Gasteiger partial charge is 0.444 e. The Morgan fingerprint density at radius 2 is 1.65 bits per heavy atom. The van der Waals surface area contributed by atoms with Crippen molar-refractivity contribution in [2.45, 2.75) is 110 Å². The van der Waals surface area contributed by atoms with Crippen LogP contribution in [-0.4, -0.2) is 64.8 Å². The molecule has 40 heavy (non-hydrogen) atoms.